The molecule has 3 heterocycles. The van der Waals surface area contributed by atoms with Crippen LogP contribution in [0.2, 0.25) is 0 Å². The first-order valence-electron chi connectivity index (χ1n) is 9.86. The molecule has 0 spiro atoms. The van der Waals surface area contributed by atoms with Crippen molar-refractivity contribution in [2.45, 2.75) is 37.9 Å². The van der Waals surface area contributed by atoms with E-state index in [-0.39, 0.29) is 28.5 Å². The Morgan fingerprint density at radius 2 is 2.03 bits per heavy atom. The summed E-state index contributed by atoms with van der Waals surface area (Å²) in [6.45, 7) is -0.0723. The van der Waals surface area contributed by atoms with E-state index in [2.05, 4.69) is 10.3 Å². The molecule has 8 nitrogen and oxygen atoms in total. The van der Waals surface area contributed by atoms with Crippen molar-refractivity contribution in [3.63, 3.8) is 0 Å². The number of aryl methyl sites for hydroxylation is 1. The van der Waals surface area contributed by atoms with Gasteiger partial charge in [-0.25, -0.2) is 40.5 Å². The molecule has 33 heavy (non-hydrogen) atoms. The van der Waals surface area contributed by atoms with Crippen molar-refractivity contribution in [3.8, 4) is 11.6 Å². The molecule has 2 amide bonds. The Morgan fingerprint density at radius 3 is 2.73 bits per heavy atom. The van der Waals surface area contributed by atoms with Gasteiger partial charge in [0.15, 0.2) is 11.6 Å². The van der Waals surface area contributed by atoms with Crippen molar-refractivity contribution in [3.05, 3.63) is 52.7 Å². The van der Waals surface area contributed by atoms with Gasteiger partial charge >= 0.3 is 6.03 Å². The SMILES string of the molecule is Cc1cc(F)c2nc1Oc1cccc(c1F)C[C@H]1[C@@H](NS(C)(=O)=O)C(F)(F)CN1C(=O)NC2. The quantitative estimate of drug-likeness (QED) is 0.633. The molecule has 13 heteroatoms. The number of hydrogen-bond acceptors (Lipinski definition) is 5. The predicted molar refractivity (Wildman–Crippen MR) is 109 cm³/mol. The molecule has 2 N–H and O–H groups in total. The molecule has 2 aliphatic rings. The van der Waals surface area contributed by atoms with Crippen molar-refractivity contribution in [2.24, 2.45) is 0 Å². The van der Waals surface area contributed by atoms with Gasteiger partial charge in [0.2, 0.25) is 15.9 Å². The summed E-state index contributed by atoms with van der Waals surface area (Å²) in [7, 11) is -4.10. The fourth-order valence-electron chi connectivity index (χ4n) is 3.96. The van der Waals surface area contributed by atoms with Crippen LogP contribution in [-0.2, 0) is 23.0 Å². The molecule has 4 rings (SSSR count). The molecule has 0 unspecified atom stereocenters. The molecular weight excluding hydrogens is 468 g/mol. The summed E-state index contributed by atoms with van der Waals surface area (Å²) < 4.78 is 90.2. The molecule has 1 aromatic carbocycles. The third-order valence-corrected chi connectivity index (χ3v) is 6.18. The van der Waals surface area contributed by atoms with Crippen molar-refractivity contribution in [1.82, 2.24) is 19.9 Å². The smallest absolute Gasteiger partial charge is 0.318 e. The van der Waals surface area contributed by atoms with E-state index in [0.717, 1.165) is 11.0 Å². The summed E-state index contributed by atoms with van der Waals surface area (Å²) in [4.78, 5) is 17.5. The molecule has 1 aromatic heterocycles. The number of fused-ring (bicyclic) bond motifs is 5. The number of alkyl halides is 2. The largest absolute Gasteiger partial charge is 0.436 e. The molecular formula is C20H20F4N4O4S. The van der Waals surface area contributed by atoms with E-state index in [4.69, 9.17) is 4.74 Å². The van der Waals surface area contributed by atoms with Gasteiger partial charge in [0, 0.05) is 5.56 Å². The number of hydrogen-bond donors (Lipinski definition) is 2. The van der Waals surface area contributed by atoms with Crippen LogP contribution < -0.4 is 14.8 Å². The first kappa shape index (κ1) is 23.2. The van der Waals surface area contributed by atoms with E-state index >= 15 is 4.39 Å². The summed E-state index contributed by atoms with van der Waals surface area (Å²) in [5.74, 6) is -5.67. The van der Waals surface area contributed by atoms with E-state index in [1.807, 2.05) is 4.72 Å². The topological polar surface area (TPSA) is 101 Å². The maximum Gasteiger partial charge on any atom is 0.318 e. The number of benzene rings is 1. The maximum atomic E-state index is 15.3. The molecule has 4 bridgehead atoms. The Kier molecular flexibility index (Phi) is 5.73. The lowest BCUT2D eigenvalue weighted by Crippen LogP contribution is -2.53. The van der Waals surface area contributed by atoms with Crippen molar-refractivity contribution in [2.75, 3.05) is 12.8 Å². The summed E-state index contributed by atoms with van der Waals surface area (Å²) in [5.41, 5.74) is -0.0412. The molecule has 2 aromatic rings. The number of ether oxygens (including phenoxy) is 1. The lowest BCUT2D eigenvalue weighted by Gasteiger charge is -2.28. The number of carbonyl (C=O) groups is 1. The van der Waals surface area contributed by atoms with Crippen LogP contribution in [0.15, 0.2) is 24.3 Å². The Morgan fingerprint density at radius 1 is 1.30 bits per heavy atom. The number of carbonyl (C=O) groups excluding carboxylic acids is 1. The minimum atomic E-state index is -4.10. The van der Waals surface area contributed by atoms with Crippen LogP contribution in [0.5, 0.6) is 11.6 Å². The number of nitrogens with zero attached hydrogens (tertiary/aromatic N) is 2. The molecule has 2 atom stereocenters. The number of urea groups is 1. The first-order valence-corrected chi connectivity index (χ1v) is 11.8. The Hall–Kier alpha value is -2.93. The van der Waals surface area contributed by atoms with Gasteiger partial charge in [0.05, 0.1) is 31.1 Å². The second-order valence-electron chi connectivity index (χ2n) is 8.06. The summed E-state index contributed by atoms with van der Waals surface area (Å²) in [5, 5.41) is 2.33. The van der Waals surface area contributed by atoms with Crippen molar-refractivity contribution in [1.29, 1.82) is 0 Å². The number of halogens is 4. The second kappa shape index (κ2) is 8.13. The van der Waals surface area contributed by atoms with Gasteiger partial charge in [-0.1, -0.05) is 12.1 Å². The van der Waals surface area contributed by atoms with E-state index in [1.54, 1.807) is 0 Å². The highest BCUT2D eigenvalue weighted by Crippen LogP contribution is 2.37. The zero-order valence-electron chi connectivity index (χ0n) is 17.5. The highest BCUT2D eigenvalue weighted by Gasteiger charge is 2.57. The minimum absolute atomic E-state index is 0.0764. The van der Waals surface area contributed by atoms with Gasteiger partial charge in [0.1, 0.15) is 11.9 Å². The Balaban J connectivity index is 1.84. The zero-order chi connectivity index (χ0) is 24.1. The van der Waals surface area contributed by atoms with Crippen LogP contribution in [0, 0.1) is 18.6 Å². The van der Waals surface area contributed by atoms with Crippen molar-refractivity contribution < 1.29 is 35.5 Å². The van der Waals surface area contributed by atoms with E-state index < -0.39 is 65.2 Å². The molecule has 178 valence electrons. The van der Waals surface area contributed by atoms with E-state index in [9.17, 15) is 26.4 Å². The molecule has 0 radical (unpaired) electrons. The number of sulfonamides is 1. The Bertz CT molecular complexity index is 1220. The third-order valence-electron chi connectivity index (χ3n) is 5.50. The number of nitrogens with one attached hydrogen (secondary N) is 2. The zero-order valence-corrected chi connectivity index (χ0v) is 18.3. The molecule has 0 saturated carbocycles. The predicted octanol–water partition coefficient (Wildman–Crippen LogP) is 2.46. The highest BCUT2D eigenvalue weighted by molar-refractivity contribution is 7.88. The molecule has 1 saturated heterocycles. The van der Waals surface area contributed by atoms with Crippen LogP contribution in [0.4, 0.5) is 22.4 Å². The van der Waals surface area contributed by atoms with Gasteiger partial charge in [-0.2, -0.15) is 0 Å². The Labute approximate surface area is 187 Å². The monoisotopic (exact) mass is 488 g/mol. The maximum absolute atomic E-state index is 15.3. The molecule has 2 aliphatic heterocycles. The average molecular weight is 488 g/mol. The van der Waals surface area contributed by atoms with E-state index in [0.29, 0.717) is 6.26 Å². The lowest BCUT2D eigenvalue weighted by molar-refractivity contribution is -0.00453. The van der Waals surface area contributed by atoms with Crippen LogP contribution >= 0.6 is 0 Å². The van der Waals surface area contributed by atoms with Gasteiger partial charge < -0.3 is 15.0 Å². The summed E-state index contributed by atoms with van der Waals surface area (Å²) in [6, 6.07) is 0.681. The molecule has 0 aliphatic carbocycles. The summed E-state index contributed by atoms with van der Waals surface area (Å²) in [6.07, 6.45) is 0.279. The number of amides is 2. The van der Waals surface area contributed by atoms with E-state index in [1.165, 1.54) is 25.1 Å². The number of pyridine rings is 1. The fourth-order valence-corrected chi connectivity index (χ4v) is 4.75. The van der Waals surface area contributed by atoms with Gasteiger partial charge in [0.25, 0.3) is 5.92 Å². The van der Waals surface area contributed by atoms with Crippen LogP contribution in [0.1, 0.15) is 16.8 Å². The fraction of sp³-hybridized carbons (Fsp3) is 0.400. The molecule has 1 fully saturated rings. The summed E-state index contributed by atoms with van der Waals surface area (Å²) >= 11 is 0. The van der Waals surface area contributed by atoms with Crippen molar-refractivity contribution >= 4 is 16.1 Å². The van der Waals surface area contributed by atoms with Gasteiger partial charge in [-0.3, -0.25) is 0 Å². The number of aromatic nitrogens is 1. The second-order valence-corrected chi connectivity index (χ2v) is 9.84. The average Bonchev–Trinajstić information content (AvgIpc) is 2.94. The first-order chi connectivity index (χ1) is 15.4. The number of rotatable bonds is 2. The minimum Gasteiger partial charge on any atom is -0.436 e. The van der Waals surface area contributed by atoms with Crippen LogP contribution in [0.3, 0.4) is 0 Å². The normalized spacial score (nSPS) is 22.4. The highest BCUT2D eigenvalue weighted by atomic mass is 32.2. The lowest BCUT2D eigenvalue weighted by atomic mass is 9.98. The standard InChI is InChI=1S/C20H20F4N4O4S/c1-10-6-12(21)13-8-25-19(29)28-9-20(23,24)17(27-33(2,30)31)14(28)7-11-4-3-5-15(16(11)22)32-18(10)26-13/h3-6,14,17,27H,7-9H2,1-2H3,(H,25,29)/t14-,17+/m0/s1. The van der Waals surface area contributed by atoms with Crippen LogP contribution in [0.25, 0.3) is 0 Å². The third kappa shape index (κ3) is 4.60. The van der Waals surface area contributed by atoms with Gasteiger partial charge in [-0.05, 0) is 31.0 Å². The van der Waals surface area contributed by atoms with Crippen LogP contribution in [-0.4, -0.2) is 55.1 Å². The van der Waals surface area contributed by atoms with Gasteiger partial charge in [-0.15, -0.1) is 0 Å².